The maximum atomic E-state index is 12.3. The number of aromatic nitrogens is 2. The highest BCUT2D eigenvalue weighted by Gasteiger charge is 2.25. The monoisotopic (exact) mass is 235 g/mol. The molecule has 0 spiro atoms. The van der Waals surface area contributed by atoms with Gasteiger partial charge in [-0.3, -0.25) is 4.79 Å². The van der Waals surface area contributed by atoms with Crippen LogP contribution in [0, 0.1) is 0 Å². The summed E-state index contributed by atoms with van der Waals surface area (Å²) in [5, 5.41) is 0. The van der Waals surface area contributed by atoms with E-state index in [9.17, 15) is 4.79 Å². The molecule has 1 aliphatic heterocycles. The minimum Gasteiger partial charge on any atom is -0.341 e. The van der Waals surface area contributed by atoms with Gasteiger partial charge in [0, 0.05) is 31.9 Å². The first-order valence-electron chi connectivity index (χ1n) is 6.54. The summed E-state index contributed by atoms with van der Waals surface area (Å²) in [6.45, 7) is 5.94. The van der Waals surface area contributed by atoms with E-state index in [1.165, 1.54) is 0 Å². The number of rotatable bonds is 4. The smallest absolute Gasteiger partial charge is 0.245 e. The number of carbonyl (C=O) groups excluding carboxylic acids is 1. The van der Waals surface area contributed by atoms with Crippen molar-refractivity contribution in [2.24, 2.45) is 0 Å². The standard InChI is InChI=1S/C13H21N3O/c1-3-6-12-14-7-10-16(12)11(2)13(17)15-8-4-5-9-15/h7,10-11H,3-6,8-9H2,1-2H3. The van der Waals surface area contributed by atoms with Crippen LogP contribution < -0.4 is 0 Å². The number of carbonyl (C=O) groups is 1. The highest BCUT2D eigenvalue weighted by Crippen LogP contribution is 2.17. The third-order valence-corrected chi connectivity index (χ3v) is 3.41. The molecule has 94 valence electrons. The maximum absolute atomic E-state index is 12.3. The molecular weight excluding hydrogens is 214 g/mol. The molecule has 0 aromatic carbocycles. The largest absolute Gasteiger partial charge is 0.341 e. The van der Waals surface area contributed by atoms with Crippen LogP contribution in [-0.4, -0.2) is 33.4 Å². The number of hydrogen-bond donors (Lipinski definition) is 0. The second-order valence-corrected chi connectivity index (χ2v) is 4.71. The summed E-state index contributed by atoms with van der Waals surface area (Å²) in [7, 11) is 0. The molecule has 2 heterocycles. The van der Waals surface area contributed by atoms with Gasteiger partial charge < -0.3 is 9.47 Å². The average Bonchev–Trinajstić information content (AvgIpc) is 2.98. The van der Waals surface area contributed by atoms with Crippen molar-refractivity contribution < 1.29 is 4.79 Å². The zero-order valence-electron chi connectivity index (χ0n) is 10.7. The van der Waals surface area contributed by atoms with E-state index in [0.29, 0.717) is 0 Å². The number of aryl methyl sites for hydroxylation is 1. The van der Waals surface area contributed by atoms with Crippen molar-refractivity contribution in [1.29, 1.82) is 0 Å². The molecule has 1 unspecified atom stereocenters. The fourth-order valence-corrected chi connectivity index (χ4v) is 2.43. The van der Waals surface area contributed by atoms with Crippen molar-refractivity contribution >= 4 is 5.91 Å². The molecule has 17 heavy (non-hydrogen) atoms. The topological polar surface area (TPSA) is 38.1 Å². The van der Waals surface area contributed by atoms with Crippen molar-refractivity contribution in [3.63, 3.8) is 0 Å². The lowest BCUT2D eigenvalue weighted by Crippen LogP contribution is -2.34. The van der Waals surface area contributed by atoms with Crippen LogP contribution in [-0.2, 0) is 11.2 Å². The third-order valence-electron chi connectivity index (χ3n) is 3.41. The van der Waals surface area contributed by atoms with Gasteiger partial charge >= 0.3 is 0 Å². The van der Waals surface area contributed by atoms with Gasteiger partial charge in [-0.2, -0.15) is 0 Å². The normalized spacial score (nSPS) is 17.4. The van der Waals surface area contributed by atoms with E-state index in [1.807, 2.05) is 22.6 Å². The van der Waals surface area contributed by atoms with Gasteiger partial charge in [0.25, 0.3) is 0 Å². The molecule has 1 aromatic heterocycles. The fourth-order valence-electron chi connectivity index (χ4n) is 2.43. The van der Waals surface area contributed by atoms with Crippen molar-refractivity contribution in [3.8, 4) is 0 Å². The van der Waals surface area contributed by atoms with E-state index in [0.717, 1.165) is 44.6 Å². The number of amides is 1. The predicted octanol–water partition coefficient (Wildman–Crippen LogP) is 2.02. The van der Waals surface area contributed by atoms with Crippen LogP contribution in [0.3, 0.4) is 0 Å². The maximum Gasteiger partial charge on any atom is 0.245 e. The van der Waals surface area contributed by atoms with E-state index in [2.05, 4.69) is 11.9 Å². The first kappa shape index (κ1) is 12.1. The quantitative estimate of drug-likeness (QED) is 0.800. The van der Waals surface area contributed by atoms with Crippen LogP contribution in [0.15, 0.2) is 12.4 Å². The highest BCUT2D eigenvalue weighted by atomic mass is 16.2. The molecular formula is C13H21N3O. The minimum absolute atomic E-state index is 0.114. The summed E-state index contributed by atoms with van der Waals surface area (Å²) in [4.78, 5) is 18.6. The minimum atomic E-state index is -0.114. The molecule has 0 radical (unpaired) electrons. The highest BCUT2D eigenvalue weighted by molar-refractivity contribution is 5.80. The number of nitrogens with zero attached hydrogens (tertiary/aromatic N) is 3. The zero-order chi connectivity index (χ0) is 12.3. The molecule has 1 amide bonds. The molecule has 4 nitrogen and oxygen atoms in total. The SMILES string of the molecule is CCCc1nccn1C(C)C(=O)N1CCCC1. The summed E-state index contributed by atoms with van der Waals surface area (Å²) in [6, 6.07) is -0.114. The van der Waals surface area contributed by atoms with E-state index < -0.39 is 0 Å². The zero-order valence-corrected chi connectivity index (χ0v) is 10.7. The molecule has 2 rings (SSSR count). The van der Waals surface area contributed by atoms with Gasteiger partial charge in [-0.1, -0.05) is 6.92 Å². The Hall–Kier alpha value is -1.32. The molecule has 1 saturated heterocycles. The Balaban J connectivity index is 2.09. The molecule has 0 saturated carbocycles. The molecule has 4 heteroatoms. The average molecular weight is 235 g/mol. The van der Waals surface area contributed by atoms with Crippen molar-refractivity contribution in [2.45, 2.75) is 45.6 Å². The van der Waals surface area contributed by atoms with Gasteiger partial charge in [-0.25, -0.2) is 4.98 Å². The number of imidazole rings is 1. The predicted molar refractivity (Wildman–Crippen MR) is 66.7 cm³/mol. The van der Waals surface area contributed by atoms with Gasteiger partial charge in [-0.05, 0) is 26.2 Å². The van der Waals surface area contributed by atoms with Gasteiger partial charge in [-0.15, -0.1) is 0 Å². The summed E-state index contributed by atoms with van der Waals surface area (Å²) in [5.41, 5.74) is 0. The van der Waals surface area contributed by atoms with Gasteiger partial charge in [0.15, 0.2) is 0 Å². The molecule has 0 N–H and O–H groups in total. The van der Waals surface area contributed by atoms with Crippen LogP contribution in [0.25, 0.3) is 0 Å². The Bertz CT molecular complexity index is 380. The lowest BCUT2D eigenvalue weighted by atomic mass is 10.2. The van der Waals surface area contributed by atoms with Crippen LogP contribution in [0.1, 0.15) is 45.0 Å². The first-order chi connectivity index (χ1) is 8.24. The Labute approximate surface area is 103 Å². The van der Waals surface area contributed by atoms with Gasteiger partial charge in [0.1, 0.15) is 11.9 Å². The molecule has 0 bridgehead atoms. The molecule has 1 aliphatic rings. The Kier molecular flexibility index (Phi) is 3.82. The number of likely N-dealkylation sites (tertiary alicyclic amines) is 1. The second-order valence-electron chi connectivity index (χ2n) is 4.71. The van der Waals surface area contributed by atoms with Crippen molar-refractivity contribution in [3.05, 3.63) is 18.2 Å². The molecule has 0 aliphatic carbocycles. The molecule has 1 atom stereocenters. The van der Waals surface area contributed by atoms with Crippen LogP contribution in [0.5, 0.6) is 0 Å². The summed E-state index contributed by atoms with van der Waals surface area (Å²) >= 11 is 0. The molecule has 1 aromatic rings. The molecule has 1 fully saturated rings. The summed E-state index contributed by atoms with van der Waals surface area (Å²) in [5.74, 6) is 1.26. The second kappa shape index (κ2) is 5.34. The fraction of sp³-hybridized carbons (Fsp3) is 0.692. The third kappa shape index (κ3) is 2.51. The van der Waals surface area contributed by atoms with Crippen molar-refractivity contribution in [2.75, 3.05) is 13.1 Å². The van der Waals surface area contributed by atoms with Crippen LogP contribution >= 0.6 is 0 Å². The van der Waals surface area contributed by atoms with Crippen molar-refractivity contribution in [1.82, 2.24) is 14.5 Å². The van der Waals surface area contributed by atoms with Gasteiger partial charge in [0.05, 0.1) is 0 Å². The Morgan fingerprint density at radius 2 is 2.18 bits per heavy atom. The number of hydrogen-bond acceptors (Lipinski definition) is 2. The lowest BCUT2D eigenvalue weighted by molar-refractivity contribution is -0.133. The van der Waals surface area contributed by atoms with Gasteiger partial charge in [0.2, 0.25) is 5.91 Å². The van der Waals surface area contributed by atoms with E-state index in [1.54, 1.807) is 6.20 Å². The van der Waals surface area contributed by atoms with Crippen LogP contribution in [0.2, 0.25) is 0 Å². The lowest BCUT2D eigenvalue weighted by Gasteiger charge is -2.22. The van der Waals surface area contributed by atoms with E-state index in [4.69, 9.17) is 0 Å². The van der Waals surface area contributed by atoms with E-state index in [-0.39, 0.29) is 11.9 Å². The van der Waals surface area contributed by atoms with Crippen LogP contribution in [0.4, 0.5) is 0 Å². The summed E-state index contributed by atoms with van der Waals surface area (Å²) < 4.78 is 2.02. The summed E-state index contributed by atoms with van der Waals surface area (Å²) in [6.07, 6.45) is 7.99. The Morgan fingerprint density at radius 3 is 2.82 bits per heavy atom. The first-order valence-corrected chi connectivity index (χ1v) is 6.54. The van der Waals surface area contributed by atoms with E-state index >= 15 is 0 Å². The Morgan fingerprint density at radius 1 is 1.47 bits per heavy atom.